The zero-order chi connectivity index (χ0) is 8.93. The average Bonchev–Trinajstić information content (AvgIpc) is 2.21. The van der Waals surface area contributed by atoms with Gasteiger partial charge in [-0.05, 0) is 18.4 Å². The van der Waals surface area contributed by atoms with Crippen molar-refractivity contribution in [1.29, 1.82) is 0 Å². The third-order valence-electron chi connectivity index (χ3n) is 2.30. The molecular weight excluding hydrogens is 160 g/mol. The predicted molar refractivity (Wildman–Crippen MR) is 53.6 cm³/mol. The van der Waals surface area contributed by atoms with Crippen molar-refractivity contribution in [2.45, 2.75) is 18.9 Å². The van der Waals surface area contributed by atoms with Crippen molar-refractivity contribution in [3.63, 3.8) is 0 Å². The molecule has 0 saturated heterocycles. The molecule has 1 heteroatoms. The molecule has 0 aromatic heterocycles. The Bertz CT molecular complexity index is 276. The average molecular weight is 174 g/mol. The zero-order valence-electron chi connectivity index (χ0n) is 7.65. The molecule has 68 valence electrons. The molecule has 0 saturated carbocycles. The van der Waals surface area contributed by atoms with Gasteiger partial charge >= 0.3 is 0 Å². The van der Waals surface area contributed by atoms with E-state index >= 15 is 0 Å². The van der Waals surface area contributed by atoms with Crippen LogP contribution in [-0.4, -0.2) is 12.7 Å². The summed E-state index contributed by atoms with van der Waals surface area (Å²) in [4.78, 5) is 0. The van der Waals surface area contributed by atoms with Gasteiger partial charge in [-0.2, -0.15) is 0 Å². The summed E-state index contributed by atoms with van der Waals surface area (Å²) in [6.45, 7) is 0.775. The Morgan fingerprint density at radius 1 is 1.15 bits per heavy atom. The normalized spacial score (nSPS) is 21.7. The highest BCUT2D eigenvalue weighted by molar-refractivity contribution is 5.16. The quantitative estimate of drug-likeness (QED) is 0.626. The topological polar surface area (TPSA) is 9.23 Å². The van der Waals surface area contributed by atoms with Crippen LogP contribution < -0.4 is 0 Å². The number of benzene rings is 1. The first kappa shape index (κ1) is 8.52. The highest BCUT2D eigenvalue weighted by Crippen LogP contribution is 2.12. The monoisotopic (exact) mass is 174 g/mol. The first-order valence-electron chi connectivity index (χ1n) is 4.75. The van der Waals surface area contributed by atoms with Crippen LogP contribution in [0.4, 0.5) is 0 Å². The van der Waals surface area contributed by atoms with Gasteiger partial charge in [-0.3, -0.25) is 0 Å². The Kier molecular flexibility index (Phi) is 2.78. The zero-order valence-corrected chi connectivity index (χ0v) is 7.65. The number of hydrogen-bond acceptors (Lipinski definition) is 1. The van der Waals surface area contributed by atoms with Crippen LogP contribution in [0.25, 0.3) is 0 Å². The smallest absolute Gasteiger partial charge is 0.0654 e. The molecule has 13 heavy (non-hydrogen) atoms. The Morgan fingerprint density at radius 3 is 2.69 bits per heavy atom. The number of ether oxygens (including phenoxy) is 1. The second kappa shape index (κ2) is 4.24. The molecule has 1 heterocycles. The van der Waals surface area contributed by atoms with Crippen molar-refractivity contribution >= 4 is 0 Å². The summed E-state index contributed by atoms with van der Waals surface area (Å²) in [5.74, 6) is 0. The minimum Gasteiger partial charge on any atom is -0.374 e. The molecule has 0 N–H and O–H groups in total. The molecule has 1 unspecified atom stereocenters. The van der Waals surface area contributed by atoms with E-state index < -0.39 is 0 Å². The van der Waals surface area contributed by atoms with E-state index in [1.165, 1.54) is 5.56 Å². The van der Waals surface area contributed by atoms with E-state index in [0.29, 0.717) is 6.10 Å². The molecular formula is C12H14O. The molecule has 1 nitrogen and oxygen atoms in total. The van der Waals surface area contributed by atoms with Gasteiger partial charge < -0.3 is 4.74 Å². The lowest BCUT2D eigenvalue weighted by molar-refractivity contribution is 0.0684. The maximum Gasteiger partial charge on any atom is 0.0654 e. The highest BCUT2D eigenvalue weighted by atomic mass is 16.5. The van der Waals surface area contributed by atoms with E-state index in [-0.39, 0.29) is 0 Å². The summed E-state index contributed by atoms with van der Waals surface area (Å²) in [7, 11) is 0. The Labute approximate surface area is 79.0 Å². The van der Waals surface area contributed by atoms with Gasteiger partial charge in [0, 0.05) is 0 Å². The molecule has 0 amide bonds. The van der Waals surface area contributed by atoms with Gasteiger partial charge in [0.25, 0.3) is 0 Å². The summed E-state index contributed by atoms with van der Waals surface area (Å²) in [5, 5.41) is 0. The number of hydrogen-bond donors (Lipinski definition) is 0. The van der Waals surface area contributed by atoms with E-state index in [2.05, 4.69) is 36.4 Å². The lowest BCUT2D eigenvalue weighted by Gasteiger charge is -2.18. The Morgan fingerprint density at radius 2 is 2.00 bits per heavy atom. The molecule has 1 aromatic carbocycles. The molecule has 0 fully saturated rings. The van der Waals surface area contributed by atoms with Crippen LogP contribution in [0.2, 0.25) is 0 Å². The van der Waals surface area contributed by atoms with Gasteiger partial charge in [0.2, 0.25) is 0 Å². The maximum atomic E-state index is 5.60. The maximum absolute atomic E-state index is 5.60. The first-order chi connectivity index (χ1) is 6.45. The van der Waals surface area contributed by atoms with Crippen LogP contribution in [0.3, 0.4) is 0 Å². The minimum atomic E-state index is 0.382. The predicted octanol–water partition coefficient (Wildman–Crippen LogP) is 2.57. The largest absolute Gasteiger partial charge is 0.374 e. The van der Waals surface area contributed by atoms with Crippen molar-refractivity contribution in [1.82, 2.24) is 0 Å². The molecule has 0 aliphatic carbocycles. The van der Waals surface area contributed by atoms with E-state index in [9.17, 15) is 0 Å². The summed E-state index contributed by atoms with van der Waals surface area (Å²) in [6, 6.07) is 10.5. The van der Waals surface area contributed by atoms with E-state index in [1.807, 2.05) is 6.07 Å². The molecule has 1 atom stereocenters. The van der Waals surface area contributed by atoms with E-state index in [0.717, 1.165) is 19.4 Å². The van der Waals surface area contributed by atoms with Crippen molar-refractivity contribution in [2.24, 2.45) is 0 Å². The van der Waals surface area contributed by atoms with Crippen LogP contribution in [-0.2, 0) is 11.2 Å². The highest BCUT2D eigenvalue weighted by Gasteiger charge is 2.09. The minimum absolute atomic E-state index is 0.382. The van der Waals surface area contributed by atoms with Gasteiger partial charge in [-0.25, -0.2) is 0 Å². The van der Waals surface area contributed by atoms with Crippen molar-refractivity contribution < 1.29 is 4.74 Å². The summed E-state index contributed by atoms with van der Waals surface area (Å²) in [6.07, 6.45) is 6.76. The van der Waals surface area contributed by atoms with Gasteiger partial charge in [0.05, 0.1) is 12.7 Å². The van der Waals surface area contributed by atoms with E-state index in [4.69, 9.17) is 4.74 Å². The lowest BCUT2D eigenvalue weighted by atomic mass is 10.0. The molecule has 1 aromatic rings. The van der Waals surface area contributed by atoms with Crippen LogP contribution in [0.5, 0.6) is 0 Å². The van der Waals surface area contributed by atoms with E-state index in [1.54, 1.807) is 0 Å². The van der Waals surface area contributed by atoms with Gasteiger partial charge in [0.1, 0.15) is 0 Å². The molecule has 1 aliphatic rings. The van der Waals surface area contributed by atoms with Gasteiger partial charge in [-0.1, -0.05) is 42.5 Å². The third-order valence-corrected chi connectivity index (χ3v) is 2.30. The summed E-state index contributed by atoms with van der Waals surface area (Å²) in [5.41, 5.74) is 1.36. The summed E-state index contributed by atoms with van der Waals surface area (Å²) >= 11 is 0. The molecule has 0 bridgehead atoms. The van der Waals surface area contributed by atoms with Crippen molar-refractivity contribution in [3.8, 4) is 0 Å². The molecule has 2 rings (SSSR count). The summed E-state index contributed by atoms with van der Waals surface area (Å²) < 4.78 is 5.60. The van der Waals surface area contributed by atoms with Crippen LogP contribution >= 0.6 is 0 Å². The lowest BCUT2D eigenvalue weighted by Crippen LogP contribution is -2.18. The fourth-order valence-corrected chi connectivity index (χ4v) is 1.59. The molecule has 0 radical (unpaired) electrons. The standard InChI is InChI=1S/C12H14O/c1-2-6-11(7-3-1)10-12-8-4-5-9-13-12/h1-7,12H,8-10H2. The van der Waals surface area contributed by atoms with Crippen LogP contribution in [0.1, 0.15) is 12.0 Å². The SMILES string of the molecule is C1=CCC(Cc2ccccc2)OC1. The van der Waals surface area contributed by atoms with Gasteiger partial charge in [0.15, 0.2) is 0 Å². The van der Waals surface area contributed by atoms with Crippen LogP contribution in [0.15, 0.2) is 42.5 Å². The van der Waals surface area contributed by atoms with Crippen LogP contribution in [0, 0.1) is 0 Å². The molecule has 0 spiro atoms. The van der Waals surface area contributed by atoms with Gasteiger partial charge in [-0.15, -0.1) is 0 Å². The second-order valence-corrected chi connectivity index (χ2v) is 3.35. The third kappa shape index (κ3) is 2.43. The Hall–Kier alpha value is -1.08. The first-order valence-corrected chi connectivity index (χ1v) is 4.75. The fraction of sp³-hybridized carbons (Fsp3) is 0.333. The van der Waals surface area contributed by atoms with Crippen molar-refractivity contribution in [3.05, 3.63) is 48.0 Å². The Balaban J connectivity index is 1.94. The van der Waals surface area contributed by atoms with Crippen molar-refractivity contribution in [2.75, 3.05) is 6.61 Å². The fourth-order valence-electron chi connectivity index (χ4n) is 1.59. The number of rotatable bonds is 2. The molecule has 1 aliphatic heterocycles. The second-order valence-electron chi connectivity index (χ2n) is 3.35.